The van der Waals surface area contributed by atoms with Crippen LogP contribution in [0.3, 0.4) is 0 Å². The zero-order valence-corrected chi connectivity index (χ0v) is 31.9. The maximum Gasteiger partial charge on any atom is 0.256 e. The molecule has 8 rings (SSSR count). The summed E-state index contributed by atoms with van der Waals surface area (Å²) in [7, 11) is 4.93. The molecule has 57 heavy (non-hydrogen) atoms. The molecule has 8 aromatic rings. The van der Waals surface area contributed by atoms with Crippen LogP contribution in [0.2, 0.25) is 0 Å². The van der Waals surface area contributed by atoms with Crippen molar-refractivity contribution in [1.29, 1.82) is 0 Å². The van der Waals surface area contributed by atoms with Crippen LogP contribution in [-0.2, 0) is 0 Å². The molecule has 0 saturated carbocycles. The number of methoxy groups -OCH3 is 3. The first-order chi connectivity index (χ1) is 27.8. The third-order valence-electron chi connectivity index (χ3n) is 10.0. The number of anilines is 6. The van der Waals surface area contributed by atoms with Crippen LogP contribution >= 0.6 is 0 Å². The Bertz CT molecular complexity index is 2710. The second kappa shape index (κ2) is 15.7. The summed E-state index contributed by atoms with van der Waals surface area (Å²) in [6, 6.07) is 51.1. The van der Waals surface area contributed by atoms with Crippen LogP contribution in [0.4, 0.5) is 34.1 Å². The fourth-order valence-electron chi connectivity index (χ4n) is 6.94. The molecule has 9 heteroatoms. The monoisotopic (exact) mass is 752 g/mol. The highest BCUT2D eigenvalue weighted by molar-refractivity contribution is 5.88. The summed E-state index contributed by atoms with van der Waals surface area (Å²) in [6.45, 7) is 2.06. The molecule has 0 atom stereocenters. The van der Waals surface area contributed by atoms with E-state index in [1.165, 1.54) is 5.56 Å². The van der Waals surface area contributed by atoms with Gasteiger partial charge in [-0.3, -0.25) is 9.59 Å². The summed E-state index contributed by atoms with van der Waals surface area (Å²) in [5, 5.41) is 0.615. The maximum atomic E-state index is 13.6. The lowest BCUT2D eigenvalue weighted by Gasteiger charge is -2.26. The summed E-state index contributed by atoms with van der Waals surface area (Å²) in [4.78, 5) is 37.6. The van der Waals surface area contributed by atoms with E-state index in [9.17, 15) is 9.59 Å². The Morgan fingerprint density at radius 1 is 0.386 bits per heavy atom. The Balaban J connectivity index is 1.10. The van der Waals surface area contributed by atoms with Crippen molar-refractivity contribution in [3.63, 3.8) is 0 Å². The first-order valence-electron chi connectivity index (χ1n) is 18.4. The molecule has 0 saturated heterocycles. The van der Waals surface area contributed by atoms with Gasteiger partial charge in [-0.05, 0) is 139 Å². The zero-order valence-electron chi connectivity index (χ0n) is 31.9. The molecule has 6 aromatic carbocycles. The molecular formula is C48H40N4O5. The minimum atomic E-state index is -0.348. The molecule has 0 fully saturated rings. The van der Waals surface area contributed by atoms with E-state index < -0.39 is 0 Å². The molecule has 0 aliphatic heterocycles. The number of aromatic nitrogens is 2. The second-order valence-corrected chi connectivity index (χ2v) is 13.5. The van der Waals surface area contributed by atoms with E-state index in [0.717, 1.165) is 62.5 Å². The molecule has 0 spiro atoms. The lowest BCUT2D eigenvalue weighted by molar-refractivity contribution is 0.414. The Kier molecular flexibility index (Phi) is 10.0. The topological polar surface area (TPSA) is 99.9 Å². The van der Waals surface area contributed by atoms with Crippen molar-refractivity contribution in [2.75, 3.05) is 31.1 Å². The summed E-state index contributed by atoms with van der Waals surface area (Å²) >= 11 is 0. The Hall–Kier alpha value is -7.52. The van der Waals surface area contributed by atoms with E-state index >= 15 is 0 Å². The first kappa shape index (κ1) is 36.5. The minimum absolute atomic E-state index is 0.307. The number of hydrogen-bond acceptors (Lipinski definition) is 7. The van der Waals surface area contributed by atoms with Crippen LogP contribution < -0.4 is 35.1 Å². The van der Waals surface area contributed by atoms with E-state index in [1.807, 2.05) is 121 Å². The third-order valence-corrected chi connectivity index (χ3v) is 10.0. The molecule has 0 unspecified atom stereocenters. The van der Waals surface area contributed by atoms with Gasteiger partial charge in [0, 0.05) is 45.5 Å². The van der Waals surface area contributed by atoms with Crippen molar-refractivity contribution in [1.82, 2.24) is 9.97 Å². The summed E-state index contributed by atoms with van der Waals surface area (Å²) < 4.78 is 16.2. The van der Waals surface area contributed by atoms with Gasteiger partial charge in [0.25, 0.3) is 11.1 Å². The third kappa shape index (κ3) is 7.46. The molecule has 2 N–H and O–H groups in total. The first-order valence-corrected chi connectivity index (χ1v) is 18.4. The van der Waals surface area contributed by atoms with Crippen LogP contribution in [0.5, 0.6) is 17.2 Å². The fourth-order valence-corrected chi connectivity index (χ4v) is 6.94. The number of nitrogens with one attached hydrogen (secondary N) is 2. The minimum Gasteiger partial charge on any atom is -0.497 e. The quantitative estimate of drug-likeness (QED) is 0.136. The van der Waals surface area contributed by atoms with Crippen molar-refractivity contribution < 1.29 is 14.2 Å². The van der Waals surface area contributed by atoms with Crippen LogP contribution in [0.1, 0.15) is 5.56 Å². The van der Waals surface area contributed by atoms with E-state index in [4.69, 9.17) is 14.2 Å². The summed E-state index contributed by atoms with van der Waals surface area (Å²) in [6.07, 6.45) is 0. The van der Waals surface area contributed by atoms with Crippen molar-refractivity contribution in [2.45, 2.75) is 6.92 Å². The molecule has 0 aliphatic rings. The highest BCUT2D eigenvalue weighted by Gasteiger charge is 2.17. The van der Waals surface area contributed by atoms with Gasteiger partial charge in [0.2, 0.25) is 0 Å². The molecule has 282 valence electrons. The van der Waals surface area contributed by atoms with E-state index in [2.05, 4.69) is 51.0 Å². The van der Waals surface area contributed by atoms with Gasteiger partial charge in [0.1, 0.15) is 17.2 Å². The van der Waals surface area contributed by atoms with Gasteiger partial charge in [-0.25, -0.2) is 0 Å². The number of H-pyrrole nitrogens is 2. The number of ether oxygens (including phenoxy) is 3. The smallest absolute Gasteiger partial charge is 0.256 e. The predicted molar refractivity (Wildman–Crippen MR) is 230 cm³/mol. The largest absolute Gasteiger partial charge is 0.497 e. The van der Waals surface area contributed by atoms with E-state index in [-0.39, 0.29) is 11.1 Å². The standard InChI is InChI=1S/C48H40N4O5/c1-31-5-11-34(12-6-31)51(37-17-23-40(55-2)24-18-37)35-13-7-32(8-14-35)45-29-43-44(47(53)49-45)30-46(50-48(43)54)33-9-15-36(16-10-33)52(38-19-25-41(56-3)26-20-38)39-21-27-42(57-4)28-22-39/h5-30H,1-4H3,(H,49,53)(H,50,54). The number of nitrogens with zero attached hydrogens (tertiary/aromatic N) is 2. The van der Waals surface area contributed by atoms with Gasteiger partial charge in [-0.1, -0.05) is 42.0 Å². The molecular weight excluding hydrogens is 713 g/mol. The second-order valence-electron chi connectivity index (χ2n) is 13.5. The molecule has 0 bridgehead atoms. The Morgan fingerprint density at radius 3 is 0.930 bits per heavy atom. The lowest BCUT2D eigenvalue weighted by Crippen LogP contribution is -2.15. The number of fused-ring (bicyclic) bond motifs is 1. The average molecular weight is 753 g/mol. The van der Waals surface area contributed by atoms with Crippen LogP contribution in [0.25, 0.3) is 33.3 Å². The van der Waals surface area contributed by atoms with Gasteiger partial charge in [0.05, 0.1) is 32.1 Å². The number of aromatic amines is 2. The summed E-state index contributed by atoms with van der Waals surface area (Å²) in [5.41, 5.74) is 8.76. The SMILES string of the molecule is COc1ccc(N(c2ccc(C)cc2)c2ccc(-c3cc4c(=O)[nH]c(-c5ccc(N(c6ccc(OC)cc6)c6ccc(OC)cc6)cc5)cc4c(=O)[nH]3)cc2)cc1. The fraction of sp³-hybridized carbons (Fsp3) is 0.0833. The number of aryl methyl sites for hydroxylation is 1. The van der Waals surface area contributed by atoms with E-state index in [0.29, 0.717) is 22.2 Å². The number of benzene rings is 6. The van der Waals surface area contributed by atoms with Crippen molar-refractivity contribution >= 4 is 44.9 Å². The normalized spacial score (nSPS) is 10.9. The van der Waals surface area contributed by atoms with Crippen LogP contribution in [0.15, 0.2) is 167 Å². The Labute approximate surface area is 330 Å². The maximum absolute atomic E-state index is 13.6. The van der Waals surface area contributed by atoms with Gasteiger partial charge < -0.3 is 34.0 Å². The molecule has 2 aromatic heterocycles. The van der Waals surface area contributed by atoms with Gasteiger partial charge in [-0.2, -0.15) is 0 Å². The van der Waals surface area contributed by atoms with Gasteiger partial charge >= 0.3 is 0 Å². The van der Waals surface area contributed by atoms with Crippen LogP contribution in [-0.4, -0.2) is 31.3 Å². The molecule has 2 heterocycles. The molecule has 9 nitrogen and oxygen atoms in total. The lowest BCUT2D eigenvalue weighted by atomic mass is 10.0. The molecule has 0 aliphatic carbocycles. The van der Waals surface area contributed by atoms with Gasteiger partial charge in [-0.15, -0.1) is 0 Å². The van der Waals surface area contributed by atoms with Crippen molar-refractivity contribution in [3.8, 4) is 39.8 Å². The predicted octanol–water partition coefficient (Wildman–Crippen LogP) is 10.8. The molecule has 0 amide bonds. The molecule has 0 radical (unpaired) electrons. The Morgan fingerprint density at radius 2 is 0.649 bits per heavy atom. The van der Waals surface area contributed by atoms with E-state index in [1.54, 1.807) is 33.5 Å². The summed E-state index contributed by atoms with van der Waals surface area (Å²) in [5.74, 6) is 2.29. The van der Waals surface area contributed by atoms with Crippen LogP contribution in [0, 0.1) is 6.92 Å². The number of hydrogen-bond donors (Lipinski definition) is 2. The zero-order chi connectivity index (χ0) is 39.5. The highest BCUT2D eigenvalue weighted by Crippen LogP contribution is 2.38. The van der Waals surface area contributed by atoms with Gasteiger partial charge in [0.15, 0.2) is 0 Å². The highest BCUT2D eigenvalue weighted by atomic mass is 16.5. The number of pyridine rings is 2. The van der Waals surface area contributed by atoms with Crippen molar-refractivity contribution in [3.05, 3.63) is 184 Å². The average Bonchev–Trinajstić information content (AvgIpc) is 3.26. The number of rotatable bonds is 11. The van der Waals surface area contributed by atoms with Crippen molar-refractivity contribution in [2.24, 2.45) is 0 Å².